The third-order valence-corrected chi connectivity index (χ3v) is 3.97. The summed E-state index contributed by atoms with van der Waals surface area (Å²) < 4.78 is 12.5. The van der Waals surface area contributed by atoms with Crippen LogP contribution in [0.15, 0.2) is 52.9 Å². The van der Waals surface area contributed by atoms with Crippen LogP contribution in [-0.4, -0.2) is 25.7 Å². The van der Waals surface area contributed by atoms with Crippen molar-refractivity contribution >= 4 is 17.0 Å². The molecule has 4 aromatic rings. The second kappa shape index (κ2) is 6.44. The first kappa shape index (κ1) is 16.0. The molecule has 26 heavy (non-hydrogen) atoms. The fourth-order valence-corrected chi connectivity index (χ4v) is 2.84. The number of carbonyl (C=O) groups excluding carboxylic acids is 1. The van der Waals surface area contributed by atoms with Crippen LogP contribution in [0.5, 0.6) is 0 Å². The molecule has 0 amide bonds. The highest BCUT2D eigenvalue weighted by Gasteiger charge is 2.14. The van der Waals surface area contributed by atoms with Crippen molar-refractivity contribution in [1.82, 2.24) is 19.7 Å². The van der Waals surface area contributed by atoms with E-state index >= 15 is 0 Å². The highest BCUT2D eigenvalue weighted by Crippen LogP contribution is 2.22. The van der Waals surface area contributed by atoms with Crippen LogP contribution < -0.4 is 0 Å². The number of hydrogen-bond donors (Lipinski definition) is 0. The molecule has 7 nitrogen and oxygen atoms in total. The molecule has 2 heterocycles. The van der Waals surface area contributed by atoms with E-state index in [1.165, 1.54) is 0 Å². The van der Waals surface area contributed by atoms with E-state index in [4.69, 9.17) is 9.15 Å². The SMILES string of the molecule is Cc1nnc(COC(=O)c2ccc3c(c2)nc(C)n3-c2ccccc2)o1. The Bertz CT molecular complexity index is 1080. The Kier molecular flexibility index (Phi) is 3.96. The van der Waals surface area contributed by atoms with Crippen LogP contribution in [0.2, 0.25) is 0 Å². The minimum absolute atomic E-state index is 0.0603. The quantitative estimate of drug-likeness (QED) is 0.526. The molecule has 0 unspecified atom stereocenters. The van der Waals surface area contributed by atoms with Crippen molar-refractivity contribution in [2.75, 3.05) is 0 Å². The standard InChI is InChI=1S/C19H16N4O3/c1-12-20-16-10-14(19(24)25-11-18-22-21-13(2)26-18)8-9-17(16)23(12)15-6-4-3-5-7-15/h3-10H,11H2,1-2H3. The van der Waals surface area contributed by atoms with Crippen LogP contribution in [0, 0.1) is 13.8 Å². The Labute approximate surface area is 149 Å². The summed E-state index contributed by atoms with van der Waals surface area (Å²) in [6.07, 6.45) is 0. The Morgan fingerprint density at radius 2 is 1.92 bits per heavy atom. The summed E-state index contributed by atoms with van der Waals surface area (Å²) in [5.74, 6) is 1.08. The maximum Gasteiger partial charge on any atom is 0.338 e. The van der Waals surface area contributed by atoms with Gasteiger partial charge in [-0.1, -0.05) is 18.2 Å². The van der Waals surface area contributed by atoms with Gasteiger partial charge in [-0.05, 0) is 37.3 Å². The van der Waals surface area contributed by atoms with Crippen molar-refractivity contribution in [3.63, 3.8) is 0 Å². The maximum absolute atomic E-state index is 12.3. The molecule has 130 valence electrons. The number of esters is 1. The minimum atomic E-state index is -0.463. The van der Waals surface area contributed by atoms with Crippen LogP contribution in [0.1, 0.15) is 28.0 Å². The van der Waals surface area contributed by atoms with Crippen molar-refractivity contribution in [2.24, 2.45) is 0 Å². The number of hydrogen-bond acceptors (Lipinski definition) is 6. The lowest BCUT2D eigenvalue weighted by Crippen LogP contribution is -2.05. The maximum atomic E-state index is 12.3. The fourth-order valence-electron chi connectivity index (χ4n) is 2.84. The molecule has 4 rings (SSSR count). The van der Waals surface area contributed by atoms with Gasteiger partial charge in [0.25, 0.3) is 5.89 Å². The largest absolute Gasteiger partial charge is 0.452 e. The molecule has 0 aliphatic rings. The van der Waals surface area contributed by atoms with Gasteiger partial charge in [0.15, 0.2) is 6.61 Å². The zero-order valence-electron chi connectivity index (χ0n) is 14.3. The van der Waals surface area contributed by atoms with Crippen LogP contribution in [0.25, 0.3) is 16.7 Å². The summed E-state index contributed by atoms with van der Waals surface area (Å²) in [6, 6.07) is 15.3. The first-order valence-electron chi connectivity index (χ1n) is 8.12. The molecular formula is C19H16N4O3. The van der Waals surface area contributed by atoms with E-state index in [0.717, 1.165) is 22.5 Å². The minimum Gasteiger partial charge on any atom is -0.452 e. The monoisotopic (exact) mass is 348 g/mol. The number of aryl methyl sites for hydroxylation is 2. The van der Waals surface area contributed by atoms with E-state index in [2.05, 4.69) is 15.2 Å². The number of aromatic nitrogens is 4. The number of benzene rings is 2. The van der Waals surface area contributed by atoms with Crippen LogP contribution >= 0.6 is 0 Å². The molecule has 0 aliphatic carbocycles. The molecule has 7 heteroatoms. The van der Waals surface area contributed by atoms with Gasteiger partial charge in [0.1, 0.15) is 5.82 Å². The van der Waals surface area contributed by atoms with Gasteiger partial charge in [0, 0.05) is 12.6 Å². The van der Waals surface area contributed by atoms with E-state index in [-0.39, 0.29) is 12.5 Å². The lowest BCUT2D eigenvalue weighted by atomic mass is 10.2. The number of ether oxygens (including phenoxy) is 1. The molecule has 0 N–H and O–H groups in total. The second-order valence-electron chi connectivity index (χ2n) is 5.82. The van der Waals surface area contributed by atoms with E-state index in [0.29, 0.717) is 11.5 Å². The summed E-state index contributed by atoms with van der Waals surface area (Å²) in [6.45, 7) is 3.55. The molecule has 2 aromatic heterocycles. The molecule has 0 bridgehead atoms. The lowest BCUT2D eigenvalue weighted by molar-refractivity contribution is 0.0437. The molecule has 0 fully saturated rings. The summed E-state index contributed by atoms with van der Waals surface area (Å²) in [5, 5.41) is 7.50. The number of imidazole rings is 1. The van der Waals surface area contributed by atoms with Crippen LogP contribution in [-0.2, 0) is 11.3 Å². The zero-order valence-corrected chi connectivity index (χ0v) is 14.3. The normalized spacial score (nSPS) is 11.0. The fraction of sp³-hybridized carbons (Fsp3) is 0.158. The van der Waals surface area contributed by atoms with E-state index in [9.17, 15) is 4.79 Å². The summed E-state index contributed by atoms with van der Waals surface area (Å²) >= 11 is 0. The molecule has 0 saturated carbocycles. The van der Waals surface area contributed by atoms with Gasteiger partial charge in [-0.3, -0.25) is 4.57 Å². The van der Waals surface area contributed by atoms with Crippen molar-refractivity contribution < 1.29 is 13.9 Å². The molecule has 0 spiro atoms. The highest BCUT2D eigenvalue weighted by molar-refractivity contribution is 5.94. The average Bonchev–Trinajstić information content (AvgIpc) is 3.21. The molecule has 0 radical (unpaired) electrons. The number of fused-ring (bicyclic) bond motifs is 1. The Hall–Kier alpha value is -3.48. The zero-order chi connectivity index (χ0) is 18.1. The van der Waals surface area contributed by atoms with Gasteiger partial charge in [-0.25, -0.2) is 9.78 Å². The third kappa shape index (κ3) is 2.95. The molecule has 0 atom stereocenters. The van der Waals surface area contributed by atoms with Gasteiger partial charge in [0.2, 0.25) is 5.89 Å². The highest BCUT2D eigenvalue weighted by atomic mass is 16.5. The van der Waals surface area contributed by atoms with Crippen LogP contribution in [0.3, 0.4) is 0 Å². The van der Waals surface area contributed by atoms with E-state index < -0.39 is 5.97 Å². The van der Waals surface area contributed by atoms with Crippen molar-refractivity contribution in [3.8, 4) is 5.69 Å². The summed E-state index contributed by atoms with van der Waals surface area (Å²) in [7, 11) is 0. The first-order valence-corrected chi connectivity index (χ1v) is 8.12. The Morgan fingerprint density at radius 1 is 1.12 bits per heavy atom. The molecule has 0 saturated heterocycles. The molecule has 0 aliphatic heterocycles. The first-order chi connectivity index (χ1) is 12.6. The number of carbonyl (C=O) groups is 1. The van der Waals surface area contributed by atoms with Crippen molar-refractivity contribution in [1.29, 1.82) is 0 Å². The lowest BCUT2D eigenvalue weighted by Gasteiger charge is -2.07. The molecule has 2 aromatic carbocycles. The van der Waals surface area contributed by atoms with Gasteiger partial charge >= 0.3 is 5.97 Å². The van der Waals surface area contributed by atoms with Crippen molar-refractivity contribution in [2.45, 2.75) is 20.5 Å². The number of nitrogens with zero attached hydrogens (tertiary/aromatic N) is 4. The smallest absolute Gasteiger partial charge is 0.338 e. The van der Waals surface area contributed by atoms with Gasteiger partial charge < -0.3 is 9.15 Å². The summed E-state index contributed by atoms with van der Waals surface area (Å²) in [4.78, 5) is 16.9. The van der Waals surface area contributed by atoms with Gasteiger partial charge in [0.05, 0.1) is 16.6 Å². The summed E-state index contributed by atoms with van der Waals surface area (Å²) in [5.41, 5.74) is 3.10. The predicted octanol–water partition coefficient (Wildman–Crippen LogP) is 3.38. The Morgan fingerprint density at radius 3 is 2.65 bits per heavy atom. The van der Waals surface area contributed by atoms with Crippen molar-refractivity contribution in [3.05, 3.63) is 71.7 Å². The third-order valence-electron chi connectivity index (χ3n) is 3.97. The van der Waals surface area contributed by atoms with E-state index in [1.807, 2.05) is 47.9 Å². The second-order valence-corrected chi connectivity index (χ2v) is 5.82. The van der Waals surface area contributed by atoms with Crippen LogP contribution in [0.4, 0.5) is 0 Å². The number of para-hydroxylation sites is 1. The number of rotatable bonds is 4. The average molecular weight is 348 g/mol. The van der Waals surface area contributed by atoms with E-state index in [1.54, 1.807) is 19.1 Å². The molecular weight excluding hydrogens is 332 g/mol. The van der Waals surface area contributed by atoms with Gasteiger partial charge in [-0.15, -0.1) is 10.2 Å². The van der Waals surface area contributed by atoms with Gasteiger partial charge in [-0.2, -0.15) is 0 Å². The Balaban J connectivity index is 1.61. The predicted molar refractivity (Wildman–Crippen MR) is 94.0 cm³/mol. The topological polar surface area (TPSA) is 83.0 Å².